The number of methoxy groups -OCH3 is 1. The second kappa shape index (κ2) is 7.77. The summed E-state index contributed by atoms with van der Waals surface area (Å²) in [5.74, 6) is 0.205. The van der Waals surface area contributed by atoms with Crippen molar-refractivity contribution in [3.63, 3.8) is 0 Å². The Balaban J connectivity index is 1.71. The van der Waals surface area contributed by atoms with Gasteiger partial charge in [0.25, 0.3) is 5.91 Å². The smallest absolute Gasteiger partial charge is 0.251 e. The molecule has 2 N–H and O–H groups in total. The van der Waals surface area contributed by atoms with Crippen molar-refractivity contribution in [1.29, 1.82) is 0 Å². The third kappa shape index (κ3) is 3.58. The molecule has 0 saturated heterocycles. The number of ether oxygens (including phenoxy) is 1. The first kappa shape index (κ1) is 18.7. The SMILES string of the molecule is COc1ccc2c(=O)c3cc(C(=O)N[C@@H](CO)c4ccccc4)ccc3oc2c1. The molecule has 6 nitrogen and oxygen atoms in total. The third-order valence-electron chi connectivity index (χ3n) is 4.83. The van der Waals surface area contributed by atoms with Crippen molar-refractivity contribution in [2.24, 2.45) is 0 Å². The Bertz CT molecular complexity index is 1250. The zero-order valence-corrected chi connectivity index (χ0v) is 15.7. The molecule has 0 aliphatic heterocycles. The lowest BCUT2D eigenvalue weighted by atomic mass is 10.1. The Labute approximate surface area is 166 Å². The van der Waals surface area contributed by atoms with Crippen LogP contribution < -0.4 is 15.5 Å². The maximum atomic E-state index is 12.9. The standard InChI is InChI=1S/C23H19NO5/c1-28-16-8-9-17-21(12-16)29-20-10-7-15(11-18(20)22(17)26)23(27)24-19(13-25)14-5-3-2-4-6-14/h2-12,19,25H,13H2,1H3,(H,24,27)/t19-/m0/s1. The minimum absolute atomic E-state index is 0.222. The first-order valence-electron chi connectivity index (χ1n) is 9.12. The molecule has 0 aliphatic rings. The monoisotopic (exact) mass is 389 g/mol. The fourth-order valence-electron chi connectivity index (χ4n) is 3.26. The molecule has 146 valence electrons. The Morgan fingerprint density at radius 3 is 2.55 bits per heavy atom. The first-order chi connectivity index (χ1) is 14.1. The van der Waals surface area contributed by atoms with Crippen LogP contribution in [0.3, 0.4) is 0 Å². The van der Waals surface area contributed by atoms with Gasteiger partial charge in [-0.25, -0.2) is 0 Å². The molecule has 0 radical (unpaired) electrons. The summed E-state index contributed by atoms with van der Waals surface area (Å²) >= 11 is 0. The van der Waals surface area contributed by atoms with Crippen LogP contribution in [0.2, 0.25) is 0 Å². The summed E-state index contributed by atoms with van der Waals surface area (Å²) in [6.45, 7) is -0.238. The van der Waals surface area contributed by atoms with Crippen molar-refractivity contribution in [3.8, 4) is 5.75 Å². The van der Waals surface area contributed by atoms with Gasteiger partial charge in [0.1, 0.15) is 16.9 Å². The predicted molar refractivity (Wildman–Crippen MR) is 110 cm³/mol. The summed E-state index contributed by atoms with van der Waals surface area (Å²) in [5.41, 5.74) is 1.69. The number of aliphatic hydroxyl groups excluding tert-OH is 1. The molecule has 0 spiro atoms. The van der Waals surface area contributed by atoms with E-state index in [1.807, 2.05) is 30.3 Å². The summed E-state index contributed by atoms with van der Waals surface area (Å²) in [6.07, 6.45) is 0. The molecule has 6 heteroatoms. The largest absolute Gasteiger partial charge is 0.497 e. The first-order valence-corrected chi connectivity index (χ1v) is 9.12. The molecular formula is C23H19NO5. The van der Waals surface area contributed by atoms with E-state index < -0.39 is 6.04 Å². The summed E-state index contributed by atoms with van der Waals surface area (Å²) in [7, 11) is 1.54. The summed E-state index contributed by atoms with van der Waals surface area (Å²) in [6, 6.07) is 18.3. The highest BCUT2D eigenvalue weighted by Gasteiger charge is 2.17. The van der Waals surface area contributed by atoms with Crippen molar-refractivity contribution in [3.05, 3.63) is 88.1 Å². The van der Waals surface area contributed by atoms with Gasteiger partial charge < -0.3 is 19.6 Å². The normalized spacial score (nSPS) is 12.1. The van der Waals surface area contributed by atoms with Gasteiger partial charge in [-0.1, -0.05) is 30.3 Å². The molecule has 0 bridgehead atoms. The molecular weight excluding hydrogens is 370 g/mol. The number of carbonyl (C=O) groups is 1. The lowest BCUT2D eigenvalue weighted by Crippen LogP contribution is -2.30. The van der Waals surface area contributed by atoms with Crippen LogP contribution in [0.15, 0.2) is 75.9 Å². The van der Waals surface area contributed by atoms with Crippen molar-refractivity contribution in [2.75, 3.05) is 13.7 Å². The number of hydrogen-bond acceptors (Lipinski definition) is 5. The van der Waals surface area contributed by atoms with Crippen molar-refractivity contribution in [1.82, 2.24) is 5.32 Å². The van der Waals surface area contributed by atoms with Crippen molar-refractivity contribution < 1.29 is 19.1 Å². The maximum absolute atomic E-state index is 12.9. The van der Waals surface area contributed by atoms with Crippen LogP contribution in [-0.4, -0.2) is 24.7 Å². The minimum atomic E-state index is -0.542. The number of nitrogens with one attached hydrogen (secondary N) is 1. The van der Waals surface area contributed by atoms with Gasteiger partial charge in [-0.3, -0.25) is 9.59 Å². The van der Waals surface area contributed by atoms with E-state index >= 15 is 0 Å². The van der Waals surface area contributed by atoms with Crippen LogP contribution in [-0.2, 0) is 0 Å². The third-order valence-corrected chi connectivity index (χ3v) is 4.83. The van der Waals surface area contributed by atoms with E-state index in [1.165, 1.54) is 6.07 Å². The highest BCUT2D eigenvalue weighted by Crippen LogP contribution is 2.23. The van der Waals surface area contributed by atoms with Gasteiger partial charge in [0.2, 0.25) is 5.43 Å². The fraction of sp³-hybridized carbons (Fsp3) is 0.130. The predicted octanol–water partition coefficient (Wildman–Crippen LogP) is 3.42. The van der Waals surface area contributed by atoms with Crippen LogP contribution in [0.5, 0.6) is 5.75 Å². The van der Waals surface area contributed by atoms with Gasteiger partial charge in [0.15, 0.2) is 0 Å². The molecule has 0 fully saturated rings. The number of carbonyl (C=O) groups excluding carboxylic acids is 1. The van der Waals surface area contributed by atoms with Crippen LogP contribution in [0.25, 0.3) is 21.9 Å². The Morgan fingerprint density at radius 2 is 1.83 bits per heavy atom. The molecule has 1 aromatic heterocycles. The van der Waals surface area contributed by atoms with Crippen LogP contribution in [0.4, 0.5) is 0 Å². The van der Waals surface area contributed by atoms with E-state index in [0.29, 0.717) is 33.3 Å². The second-order valence-corrected chi connectivity index (χ2v) is 6.62. The van der Waals surface area contributed by atoms with E-state index in [9.17, 15) is 14.7 Å². The van der Waals surface area contributed by atoms with Gasteiger partial charge in [-0.15, -0.1) is 0 Å². The lowest BCUT2D eigenvalue weighted by molar-refractivity contribution is 0.0916. The molecule has 1 atom stereocenters. The fourth-order valence-corrected chi connectivity index (χ4v) is 3.26. The number of aliphatic hydroxyl groups is 1. The van der Waals surface area contributed by atoms with Crippen LogP contribution in [0, 0.1) is 0 Å². The number of amides is 1. The quantitative estimate of drug-likeness (QED) is 0.511. The van der Waals surface area contributed by atoms with Crippen LogP contribution in [0.1, 0.15) is 22.0 Å². The number of hydrogen-bond donors (Lipinski definition) is 2. The van der Waals surface area contributed by atoms with E-state index in [1.54, 1.807) is 37.4 Å². The highest BCUT2D eigenvalue weighted by atomic mass is 16.5. The number of benzene rings is 3. The molecule has 0 unspecified atom stereocenters. The number of rotatable bonds is 5. The average Bonchev–Trinajstić information content (AvgIpc) is 2.77. The Hall–Kier alpha value is -3.64. The van der Waals surface area contributed by atoms with Crippen molar-refractivity contribution in [2.45, 2.75) is 6.04 Å². The molecule has 0 aliphatic carbocycles. The minimum Gasteiger partial charge on any atom is -0.497 e. The Morgan fingerprint density at radius 1 is 1.03 bits per heavy atom. The summed E-state index contributed by atoms with van der Waals surface area (Å²) in [4.78, 5) is 25.6. The van der Waals surface area contributed by atoms with E-state index in [0.717, 1.165) is 5.56 Å². The van der Waals surface area contributed by atoms with E-state index in [2.05, 4.69) is 5.32 Å². The molecule has 0 saturated carbocycles. The van der Waals surface area contributed by atoms with Crippen molar-refractivity contribution >= 4 is 27.8 Å². The lowest BCUT2D eigenvalue weighted by Gasteiger charge is -2.17. The average molecular weight is 389 g/mol. The van der Waals surface area contributed by atoms with Gasteiger partial charge >= 0.3 is 0 Å². The Kier molecular flexibility index (Phi) is 5.01. The summed E-state index contributed by atoms with van der Waals surface area (Å²) < 4.78 is 11.0. The van der Waals surface area contributed by atoms with Gasteiger partial charge in [-0.2, -0.15) is 0 Å². The van der Waals surface area contributed by atoms with Crippen LogP contribution >= 0.6 is 0 Å². The second-order valence-electron chi connectivity index (χ2n) is 6.62. The maximum Gasteiger partial charge on any atom is 0.251 e. The van der Waals surface area contributed by atoms with Gasteiger partial charge in [-0.05, 0) is 35.9 Å². The van der Waals surface area contributed by atoms with E-state index in [4.69, 9.17) is 9.15 Å². The zero-order chi connectivity index (χ0) is 20.4. The highest BCUT2D eigenvalue weighted by molar-refractivity contribution is 5.99. The number of fused-ring (bicyclic) bond motifs is 2. The molecule has 4 aromatic rings. The van der Waals surface area contributed by atoms with Gasteiger partial charge in [0, 0.05) is 11.6 Å². The molecule has 1 heterocycles. The van der Waals surface area contributed by atoms with E-state index in [-0.39, 0.29) is 17.9 Å². The molecule has 29 heavy (non-hydrogen) atoms. The molecule has 1 amide bonds. The molecule has 3 aromatic carbocycles. The van der Waals surface area contributed by atoms with Gasteiger partial charge in [0.05, 0.1) is 30.5 Å². The topological polar surface area (TPSA) is 88.8 Å². The molecule has 4 rings (SSSR count). The zero-order valence-electron chi connectivity index (χ0n) is 15.7. The summed E-state index contributed by atoms with van der Waals surface area (Å²) in [5, 5.41) is 13.2.